The summed E-state index contributed by atoms with van der Waals surface area (Å²) in [6.45, 7) is 0.569. The van der Waals surface area contributed by atoms with Crippen molar-refractivity contribution in [2.75, 3.05) is 0 Å². The van der Waals surface area contributed by atoms with Crippen LogP contribution < -0.4 is 5.32 Å². The Morgan fingerprint density at radius 1 is 1.07 bits per heavy atom. The van der Waals surface area contributed by atoms with Crippen LogP contribution in [0.25, 0.3) is 11.3 Å². The molecule has 0 unspecified atom stereocenters. The van der Waals surface area contributed by atoms with E-state index in [1.165, 1.54) is 0 Å². The fraction of sp³-hybridized carbons (Fsp3) is 0.0952. The number of aromatic nitrogens is 3. The lowest BCUT2D eigenvalue weighted by molar-refractivity contribution is 0.0923. The first-order valence-electron chi connectivity index (χ1n) is 8.63. The molecule has 0 saturated carbocycles. The van der Waals surface area contributed by atoms with Crippen LogP contribution in [0.4, 0.5) is 0 Å². The number of hydrogen-bond acceptors (Lipinski definition) is 4. The molecule has 2 aromatic heterocycles. The molecule has 27 heavy (non-hydrogen) atoms. The van der Waals surface area contributed by atoms with Crippen LogP contribution in [0, 0.1) is 0 Å². The normalized spacial score (nSPS) is 11.9. The minimum Gasteiger partial charge on any atom is -0.355 e. The number of benzene rings is 2. The van der Waals surface area contributed by atoms with Crippen LogP contribution in [0.3, 0.4) is 0 Å². The highest BCUT2D eigenvalue weighted by atomic mass is 16.5. The molecule has 6 heteroatoms. The van der Waals surface area contributed by atoms with Crippen molar-refractivity contribution < 1.29 is 9.32 Å². The number of imidazole rings is 1. The Hall–Kier alpha value is -3.67. The van der Waals surface area contributed by atoms with Crippen LogP contribution >= 0.6 is 0 Å². The second-order valence-electron chi connectivity index (χ2n) is 6.14. The van der Waals surface area contributed by atoms with Gasteiger partial charge >= 0.3 is 0 Å². The van der Waals surface area contributed by atoms with E-state index in [2.05, 4.69) is 15.5 Å². The van der Waals surface area contributed by atoms with Gasteiger partial charge in [0.15, 0.2) is 11.5 Å². The van der Waals surface area contributed by atoms with Crippen molar-refractivity contribution in [1.82, 2.24) is 20.0 Å². The maximum atomic E-state index is 12.7. The molecular formula is C21H18N4O2. The van der Waals surface area contributed by atoms with Gasteiger partial charge in [0.05, 0.1) is 12.4 Å². The molecule has 4 aromatic rings. The van der Waals surface area contributed by atoms with Crippen molar-refractivity contribution in [2.24, 2.45) is 0 Å². The van der Waals surface area contributed by atoms with Gasteiger partial charge in [-0.25, -0.2) is 4.98 Å². The van der Waals surface area contributed by atoms with Gasteiger partial charge in [-0.05, 0) is 5.56 Å². The predicted molar refractivity (Wildman–Crippen MR) is 101 cm³/mol. The van der Waals surface area contributed by atoms with Crippen molar-refractivity contribution in [2.45, 2.75) is 12.6 Å². The number of carbonyl (C=O) groups is 1. The van der Waals surface area contributed by atoms with Crippen molar-refractivity contribution >= 4 is 5.91 Å². The zero-order valence-electron chi connectivity index (χ0n) is 14.5. The molecule has 2 aromatic carbocycles. The highest BCUT2D eigenvalue weighted by molar-refractivity contribution is 5.93. The summed E-state index contributed by atoms with van der Waals surface area (Å²) >= 11 is 0. The van der Waals surface area contributed by atoms with E-state index in [9.17, 15) is 4.79 Å². The fourth-order valence-electron chi connectivity index (χ4n) is 2.88. The third-order valence-electron chi connectivity index (χ3n) is 4.26. The van der Waals surface area contributed by atoms with Gasteiger partial charge in [-0.2, -0.15) is 0 Å². The first-order chi connectivity index (χ1) is 13.3. The Kier molecular flexibility index (Phi) is 4.78. The monoisotopic (exact) mass is 358 g/mol. The smallest absolute Gasteiger partial charge is 0.274 e. The molecule has 4 rings (SSSR count). The first kappa shape index (κ1) is 16.8. The Morgan fingerprint density at radius 3 is 2.52 bits per heavy atom. The van der Waals surface area contributed by atoms with E-state index in [0.29, 0.717) is 12.3 Å². The molecule has 1 amide bonds. The molecular weight excluding hydrogens is 340 g/mol. The predicted octanol–water partition coefficient (Wildman–Crippen LogP) is 3.71. The summed E-state index contributed by atoms with van der Waals surface area (Å²) in [6, 6.07) is 20.8. The third kappa shape index (κ3) is 3.95. The minimum absolute atomic E-state index is 0.218. The van der Waals surface area contributed by atoms with Gasteiger partial charge in [-0.3, -0.25) is 4.79 Å². The molecule has 1 N–H and O–H groups in total. The van der Waals surface area contributed by atoms with E-state index < -0.39 is 0 Å². The van der Waals surface area contributed by atoms with Crippen LogP contribution in [0.2, 0.25) is 0 Å². The summed E-state index contributed by atoms with van der Waals surface area (Å²) in [5, 5.41) is 6.97. The number of nitrogens with one attached hydrogen (secondary N) is 1. The molecule has 1 atom stereocenters. The summed E-state index contributed by atoms with van der Waals surface area (Å²) < 4.78 is 7.27. The standard InChI is InChI=1S/C21H18N4O2/c26-21(18-13-20(27-24-18)17-9-5-2-6-10-17)23-19(14-25-12-11-22-15-25)16-7-3-1-4-8-16/h1-13,15,19H,14H2,(H,23,26)/t19-/m1/s1. The quantitative estimate of drug-likeness (QED) is 0.570. The average Bonchev–Trinajstić information content (AvgIpc) is 3.41. The van der Waals surface area contributed by atoms with Crippen molar-refractivity contribution in [3.63, 3.8) is 0 Å². The van der Waals surface area contributed by atoms with Gasteiger partial charge in [0.25, 0.3) is 5.91 Å². The van der Waals surface area contributed by atoms with E-state index in [4.69, 9.17) is 4.52 Å². The number of hydrogen-bond donors (Lipinski definition) is 1. The molecule has 0 aliphatic rings. The van der Waals surface area contributed by atoms with Crippen molar-refractivity contribution in [1.29, 1.82) is 0 Å². The molecule has 0 bridgehead atoms. The number of carbonyl (C=O) groups excluding carboxylic acids is 1. The molecule has 0 saturated heterocycles. The van der Waals surface area contributed by atoms with E-state index in [0.717, 1.165) is 11.1 Å². The van der Waals surface area contributed by atoms with E-state index >= 15 is 0 Å². The van der Waals surface area contributed by atoms with Crippen LogP contribution in [0.1, 0.15) is 22.1 Å². The molecule has 2 heterocycles. The van der Waals surface area contributed by atoms with Gasteiger partial charge in [0, 0.05) is 30.6 Å². The number of rotatable bonds is 6. The largest absolute Gasteiger partial charge is 0.355 e. The summed E-state index contributed by atoms with van der Waals surface area (Å²) in [7, 11) is 0. The summed E-state index contributed by atoms with van der Waals surface area (Å²) in [4.78, 5) is 16.8. The van der Waals surface area contributed by atoms with Gasteiger partial charge in [-0.1, -0.05) is 65.8 Å². The Morgan fingerprint density at radius 2 is 1.81 bits per heavy atom. The van der Waals surface area contributed by atoms with Gasteiger partial charge < -0.3 is 14.4 Å². The molecule has 134 valence electrons. The van der Waals surface area contributed by atoms with Crippen LogP contribution in [-0.2, 0) is 6.54 Å². The van der Waals surface area contributed by atoms with E-state index in [1.54, 1.807) is 18.6 Å². The van der Waals surface area contributed by atoms with Crippen molar-refractivity contribution in [3.8, 4) is 11.3 Å². The molecule has 6 nitrogen and oxygen atoms in total. The van der Waals surface area contributed by atoms with Crippen LogP contribution in [0.5, 0.6) is 0 Å². The molecule has 0 fully saturated rings. The maximum absolute atomic E-state index is 12.7. The highest BCUT2D eigenvalue weighted by Crippen LogP contribution is 2.21. The molecule has 0 aliphatic carbocycles. The van der Waals surface area contributed by atoms with Crippen LogP contribution in [0.15, 0.2) is 90.0 Å². The summed E-state index contributed by atoms with van der Waals surface area (Å²) in [5.74, 6) is 0.279. The summed E-state index contributed by atoms with van der Waals surface area (Å²) in [6.07, 6.45) is 5.31. The van der Waals surface area contributed by atoms with Gasteiger partial charge in [0.1, 0.15) is 0 Å². The zero-order valence-corrected chi connectivity index (χ0v) is 14.5. The second kappa shape index (κ2) is 7.70. The van der Waals surface area contributed by atoms with Crippen LogP contribution in [-0.4, -0.2) is 20.6 Å². The lowest BCUT2D eigenvalue weighted by atomic mass is 10.1. The van der Waals surface area contributed by atoms with E-state index in [1.807, 2.05) is 71.4 Å². The van der Waals surface area contributed by atoms with Gasteiger partial charge in [0.2, 0.25) is 0 Å². The molecule has 0 radical (unpaired) electrons. The third-order valence-corrected chi connectivity index (χ3v) is 4.26. The van der Waals surface area contributed by atoms with E-state index in [-0.39, 0.29) is 17.6 Å². The van der Waals surface area contributed by atoms with Gasteiger partial charge in [-0.15, -0.1) is 0 Å². The zero-order chi connectivity index (χ0) is 18.5. The average molecular weight is 358 g/mol. The Labute approximate surface area is 156 Å². The second-order valence-corrected chi connectivity index (χ2v) is 6.14. The SMILES string of the molecule is O=C(N[C@H](Cn1ccnc1)c1ccccc1)c1cc(-c2ccccc2)on1. The lowest BCUT2D eigenvalue weighted by Crippen LogP contribution is -2.31. The molecule has 0 aliphatic heterocycles. The lowest BCUT2D eigenvalue weighted by Gasteiger charge is -2.19. The minimum atomic E-state index is -0.283. The fourth-order valence-corrected chi connectivity index (χ4v) is 2.88. The Bertz CT molecular complexity index is 995. The number of amides is 1. The number of nitrogens with zero attached hydrogens (tertiary/aromatic N) is 3. The first-order valence-corrected chi connectivity index (χ1v) is 8.63. The summed E-state index contributed by atoms with van der Waals surface area (Å²) in [5.41, 5.74) is 2.13. The topological polar surface area (TPSA) is 73.0 Å². The molecule has 0 spiro atoms. The maximum Gasteiger partial charge on any atom is 0.274 e. The van der Waals surface area contributed by atoms with Crippen molar-refractivity contribution in [3.05, 3.63) is 96.7 Å². The Balaban J connectivity index is 1.54. The highest BCUT2D eigenvalue weighted by Gasteiger charge is 2.19.